The summed E-state index contributed by atoms with van der Waals surface area (Å²) in [6.07, 6.45) is -4.79. The number of hydrogen-bond acceptors (Lipinski definition) is 5. The normalized spacial score (nSPS) is 13.8. The van der Waals surface area contributed by atoms with Gasteiger partial charge in [-0.1, -0.05) is 16.8 Å². The first-order valence-corrected chi connectivity index (χ1v) is 5.65. The van der Waals surface area contributed by atoms with Crippen molar-refractivity contribution in [1.82, 2.24) is 0 Å². The Hall–Kier alpha value is -2.23. The van der Waals surface area contributed by atoms with Gasteiger partial charge in [0.2, 0.25) is 0 Å². The zero-order valence-corrected chi connectivity index (χ0v) is 10.9. The van der Waals surface area contributed by atoms with E-state index in [9.17, 15) is 23.3 Å². The maximum Gasteiger partial charge on any atom is 0.402 e. The minimum atomic E-state index is -4.79. The van der Waals surface area contributed by atoms with Crippen LogP contribution in [-0.4, -0.2) is 28.7 Å². The molecule has 1 aromatic rings. The Morgan fingerprint density at radius 3 is 2.62 bits per heavy atom. The summed E-state index contributed by atoms with van der Waals surface area (Å²) in [4.78, 5) is 9.77. The van der Waals surface area contributed by atoms with Gasteiger partial charge in [0.05, 0.1) is 9.95 Å². The van der Waals surface area contributed by atoms with E-state index >= 15 is 0 Å². The van der Waals surface area contributed by atoms with Crippen molar-refractivity contribution in [2.75, 3.05) is 6.61 Å². The van der Waals surface area contributed by atoms with Crippen LogP contribution in [0.2, 0.25) is 5.02 Å². The van der Waals surface area contributed by atoms with Gasteiger partial charge in [0.15, 0.2) is 5.84 Å². The Balaban J connectivity index is 2.89. The zero-order chi connectivity index (χ0) is 16.2. The number of alkyl halides is 3. The molecule has 0 aliphatic heterocycles. The number of nitro benzene ring substituents is 1. The first-order chi connectivity index (χ1) is 9.66. The van der Waals surface area contributed by atoms with Crippen LogP contribution >= 0.6 is 11.6 Å². The molecule has 7 nitrogen and oxygen atoms in total. The van der Waals surface area contributed by atoms with Crippen molar-refractivity contribution in [2.24, 2.45) is 16.8 Å². The molecule has 0 aliphatic carbocycles. The molecule has 116 valence electrons. The molecule has 21 heavy (non-hydrogen) atoms. The van der Waals surface area contributed by atoms with Gasteiger partial charge in [-0.3, -0.25) is 10.1 Å². The molecule has 0 radical (unpaired) electrons. The predicted molar refractivity (Wildman–Crippen MR) is 66.6 cm³/mol. The third-order valence-corrected chi connectivity index (χ3v) is 2.69. The van der Waals surface area contributed by atoms with Gasteiger partial charge >= 0.3 is 6.18 Å². The van der Waals surface area contributed by atoms with Crippen LogP contribution in [0.3, 0.4) is 0 Å². The number of amidine groups is 1. The highest BCUT2D eigenvalue weighted by molar-refractivity contribution is 6.32. The van der Waals surface area contributed by atoms with E-state index in [1.807, 2.05) is 0 Å². The third kappa shape index (κ3) is 4.38. The van der Waals surface area contributed by atoms with Crippen LogP contribution in [-0.2, 0) is 0 Å². The summed E-state index contributed by atoms with van der Waals surface area (Å²) in [6, 6.07) is 3.01. The van der Waals surface area contributed by atoms with Gasteiger partial charge in [-0.25, -0.2) is 0 Å². The first-order valence-electron chi connectivity index (χ1n) is 5.27. The lowest BCUT2D eigenvalue weighted by atomic mass is 10.1. The summed E-state index contributed by atoms with van der Waals surface area (Å²) < 4.78 is 42.8. The number of hydrogen-bond donors (Lipinski definition) is 2. The molecule has 0 heterocycles. The van der Waals surface area contributed by atoms with Crippen LogP contribution in [0.5, 0.6) is 5.75 Å². The topological polar surface area (TPSA) is 111 Å². The lowest BCUT2D eigenvalue weighted by molar-refractivity contribution is -0.384. The monoisotopic (exact) mass is 327 g/mol. The summed E-state index contributed by atoms with van der Waals surface area (Å²) in [6.45, 7) is -0.989. The Labute approximate surface area is 120 Å². The zero-order valence-electron chi connectivity index (χ0n) is 10.2. The molecule has 0 fully saturated rings. The summed E-state index contributed by atoms with van der Waals surface area (Å²) in [5, 5.41) is 20.9. The standard InChI is InChI=1S/C10H9ClF3N3O4/c11-7-3-5(17(19)20)1-2-8(7)21-4-6(9(15)16-18)10(12,13)14/h1-3,6,18H,4H2,(H2,15,16). The minimum Gasteiger partial charge on any atom is -0.491 e. The number of benzene rings is 1. The van der Waals surface area contributed by atoms with Crippen molar-refractivity contribution >= 4 is 23.1 Å². The molecule has 1 aromatic carbocycles. The van der Waals surface area contributed by atoms with Crippen LogP contribution in [0, 0.1) is 16.0 Å². The van der Waals surface area contributed by atoms with E-state index in [0.29, 0.717) is 0 Å². The van der Waals surface area contributed by atoms with Crippen molar-refractivity contribution < 1.29 is 28.0 Å². The average Bonchev–Trinajstić information content (AvgIpc) is 2.38. The smallest absolute Gasteiger partial charge is 0.402 e. The van der Waals surface area contributed by atoms with Gasteiger partial charge < -0.3 is 15.7 Å². The van der Waals surface area contributed by atoms with Gasteiger partial charge in [-0.2, -0.15) is 13.2 Å². The second kappa shape index (κ2) is 6.48. The maximum atomic E-state index is 12.7. The fraction of sp³-hybridized carbons (Fsp3) is 0.300. The number of nitrogens with two attached hydrogens (primary N) is 1. The largest absolute Gasteiger partial charge is 0.491 e. The number of oxime groups is 1. The van der Waals surface area contributed by atoms with Crippen molar-refractivity contribution in [1.29, 1.82) is 0 Å². The number of nitrogens with zero attached hydrogens (tertiary/aromatic N) is 2. The van der Waals surface area contributed by atoms with Gasteiger partial charge in [0.1, 0.15) is 18.3 Å². The molecular weight excluding hydrogens is 319 g/mol. The summed E-state index contributed by atoms with van der Waals surface area (Å²) in [5.41, 5.74) is 4.61. The SMILES string of the molecule is N/C(=N/O)C(COc1ccc([N+](=O)[O-])cc1Cl)C(F)(F)F. The summed E-state index contributed by atoms with van der Waals surface area (Å²) in [5.74, 6) is -3.60. The van der Waals surface area contributed by atoms with Crippen molar-refractivity contribution in [3.63, 3.8) is 0 Å². The Morgan fingerprint density at radius 2 is 2.19 bits per heavy atom. The molecule has 0 bridgehead atoms. The number of ether oxygens (including phenoxy) is 1. The van der Waals surface area contributed by atoms with Gasteiger partial charge in [0.25, 0.3) is 5.69 Å². The number of rotatable bonds is 5. The second-order valence-electron chi connectivity index (χ2n) is 3.80. The minimum absolute atomic E-state index is 0.192. The summed E-state index contributed by atoms with van der Waals surface area (Å²) in [7, 11) is 0. The van der Waals surface area contributed by atoms with Crippen LogP contribution in [0.25, 0.3) is 0 Å². The fourth-order valence-electron chi connectivity index (χ4n) is 1.31. The molecule has 11 heteroatoms. The molecule has 1 unspecified atom stereocenters. The van der Waals surface area contributed by atoms with E-state index in [2.05, 4.69) is 5.16 Å². The Morgan fingerprint density at radius 1 is 1.57 bits per heavy atom. The van der Waals surface area contributed by atoms with Gasteiger partial charge in [-0.05, 0) is 6.07 Å². The van der Waals surface area contributed by atoms with E-state index < -0.39 is 29.5 Å². The molecular formula is C10H9ClF3N3O4. The van der Waals surface area contributed by atoms with Crippen molar-refractivity contribution in [3.8, 4) is 5.75 Å². The van der Waals surface area contributed by atoms with E-state index in [1.54, 1.807) is 0 Å². The van der Waals surface area contributed by atoms with E-state index in [0.717, 1.165) is 18.2 Å². The second-order valence-corrected chi connectivity index (χ2v) is 4.21. The molecule has 0 saturated heterocycles. The highest BCUT2D eigenvalue weighted by Crippen LogP contribution is 2.31. The molecule has 0 spiro atoms. The third-order valence-electron chi connectivity index (χ3n) is 2.40. The lowest BCUT2D eigenvalue weighted by Gasteiger charge is -2.19. The van der Waals surface area contributed by atoms with Crippen LogP contribution < -0.4 is 10.5 Å². The summed E-state index contributed by atoms with van der Waals surface area (Å²) >= 11 is 5.66. The molecule has 0 amide bonds. The Bertz CT molecular complexity index is 565. The number of nitro groups is 1. The fourth-order valence-corrected chi connectivity index (χ4v) is 1.54. The molecule has 0 aromatic heterocycles. The highest BCUT2D eigenvalue weighted by atomic mass is 35.5. The van der Waals surface area contributed by atoms with E-state index in [4.69, 9.17) is 27.3 Å². The van der Waals surface area contributed by atoms with E-state index in [-0.39, 0.29) is 16.5 Å². The number of halogens is 4. The molecule has 0 aliphatic rings. The van der Waals surface area contributed by atoms with Gasteiger partial charge in [0, 0.05) is 12.1 Å². The maximum absolute atomic E-state index is 12.7. The number of non-ortho nitro benzene ring substituents is 1. The highest BCUT2D eigenvalue weighted by Gasteiger charge is 2.43. The van der Waals surface area contributed by atoms with Crippen LogP contribution in [0.4, 0.5) is 18.9 Å². The average molecular weight is 328 g/mol. The first kappa shape index (κ1) is 16.8. The van der Waals surface area contributed by atoms with Gasteiger partial charge in [-0.15, -0.1) is 0 Å². The predicted octanol–water partition coefficient (Wildman–Crippen LogP) is 2.55. The van der Waals surface area contributed by atoms with Crippen LogP contribution in [0.15, 0.2) is 23.4 Å². The molecule has 3 N–H and O–H groups in total. The van der Waals surface area contributed by atoms with E-state index in [1.165, 1.54) is 0 Å². The molecule has 1 rings (SSSR count). The quantitative estimate of drug-likeness (QED) is 0.284. The van der Waals surface area contributed by atoms with Crippen molar-refractivity contribution in [3.05, 3.63) is 33.3 Å². The lowest BCUT2D eigenvalue weighted by Crippen LogP contribution is -2.40. The Kier molecular flexibility index (Phi) is 5.19. The van der Waals surface area contributed by atoms with Crippen LogP contribution in [0.1, 0.15) is 0 Å². The molecule has 1 atom stereocenters. The van der Waals surface area contributed by atoms with Crippen molar-refractivity contribution in [2.45, 2.75) is 6.18 Å². The molecule has 0 saturated carbocycles.